The quantitative estimate of drug-likeness (QED) is 0.439. The van der Waals surface area contributed by atoms with Crippen molar-refractivity contribution in [3.63, 3.8) is 0 Å². The van der Waals surface area contributed by atoms with Crippen molar-refractivity contribution < 1.29 is 9.13 Å². The minimum absolute atomic E-state index is 0.576. The van der Waals surface area contributed by atoms with Crippen LogP contribution in [0.1, 0.15) is 18.4 Å². The van der Waals surface area contributed by atoms with Crippen LogP contribution < -0.4 is 9.64 Å². The van der Waals surface area contributed by atoms with Crippen LogP contribution in [0, 0.1) is 0 Å². The number of anilines is 1. The van der Waals surface area contributed by atoms with Crippen LogP contribution in [-0.4, -0.2) is 11.9 Å². The number of halogens is 2. The molecule has 2 aliphatic heterocycles. The number of hydrogen-bond donors (Lipinski definition) is 0. The Bertz CT molecular complexity index is 676. The summed E-state index contributed by atoms with van der Waals surface area (Å²) in [4.78, 5) is 1.64. The maximum absolute atomic E-state index is 15.2. The lowest BCUT2D eigenvalue weighted by Crippen LogP contribution is -2.21. The molecule has 2 aliphatic rings. The monoisotopic (exact) mass is 303 g/mol. The van der Waals surface area contributed by atoms with Crippen molar-refractivity contribution in [1.29, 1.82) is 0 Å². The number of hydrogen-bond acceptors (Lipinski definition) is 2. The molecule has 0 radical (unpaired) electrons. The van der Waals surface area contributed by atoms with E-state index in [0.717, 1.165) is 17.7 Å². The van der Waals surface area contributed by atoms with E-state index in [9.17, 15) is 0 Å². The molecule has 0 spiro atoms. The van der Waals surface area contributed by atoms with Crippen molar-refractivity contribution in [1.82, 2.24) is 0 Å². The zero-order valence-electron chi connectivity index (χ0n) is 11.4. The number of para-hydroxylation sites is 2. The van der Waals surface area contributed by atoms with Gasteiger partial charge < -0.3 is 9.64 Å². The molecule has 21 heavy (non-hydrogen) atoms. The molecular weight excluding hydrogens is 289 g/mol. The van der Waals surface area contributed by atoms with Gasteiger partial charge in [0.05, 0.1) is 12.3 Å². The average Bonchev–Trinajstić information content (AvgIpc) is 2.98. The molecule has 1 fully saturated rings. The van der Waals surface area contributed by atoms with Crippen molar-refractivity contribution >= 4 is 17.3 Å². The fourth-order valence-corrected chi connectivity index (χ4v) is 3.88. The fourth-order valence-electron chi connectivity index (χ4n) is 3.40. The smallest absolute Gasteiger partial charge is 0.287 e. The first-order chi connectivity index (χ1) is 10.2. The minimum Gasteiger partial charge on any atom is -0.491 e. The van der Waals surface area contributed by atoms with Gasteiger partial charge in [0.2, 0.25) is 0 Å². The van der Waals surface area contributed by atoms with Gasteiger partial charge in [-0.15, -0.1) is 0 Å². The first-order valence-electron chi connectivity index (χ1n) is 7.13. The first kappa shape index (κ1) is 13.0. The average molecular weight is 304 g/mol. The van der Waals surface area contributed by atoms with Gasteiger partial charge in [-0.05, 0) is 30.5 Å². The number of rotatable bonds is 1. The Morgan fingerprint density at radius 2 is 1.76 bits per heavy atom. The van der Waals surface area contributed by atoms with E-state index in [2.05, 4.69) is 0 Å². The zero-order chi connectivity index (χ0) is 14.5. The van der Waals surface area contributed by atoms with E-state index < -0.39 is 10.8 Å². The third kappa shape index (κ3) is 1.64. The number of fused-ring (bicyclic) bond motifs is 3. The van der Waals surface area contributed by atoms with E-state index in [-0.39, 0.29) is 0 Å². The highest BCUT2D eigenvalue weighted by Gasteiger charge is 2.77. The Balaban J connectivity index is 1.89. The summed E-state index contributed by atoms with van der Waals surface area (Å²) in [6.45, 7) is 0.576. The molecule has 0 bridgehead atoms. The van der Waals surface area contributed by atoms with Gasteiger partial charge in [-0.3, -0.25) is 0 Å². The second-order valence-electron chi connectivity index (χ2n) is 5.52. The summed E-state index contributed by atoms with van der Waals surface area (Å²) < 4.78 is 20.9. The van der Waals surface area contributed by atoms with Gasteiger partial charge in [0, 0.05) is 0 Å². The van der Waals surface area contributed by atoms with Crippen LogP contribution in [0.3, 0.4) is 0 Å². The van der Waals surface area contributed by atoms with Gasteiger partial charge >= 0.3 is 0 Å². The summed E-state index contributed by atoms with van der Waals surface area (Å²) in [6, 6.07) is 17.2. The van der Waals surface area contributed by atoms with E-state index in [1.165, 1.54) is 0 Å². The van der Waals surface area contributed by atoms with E-state index in [1.54, 1.807) is 4.90 Å². The molecule has 0 saturated carbocycles. The largest absolute Gasteiger partial charge is 0.491 e. The summed E-state index contributed by atoms with van der Waals surface area (Å²) in [6.07, 6.45) is 1.39. The Morgan fingerprint density at radius 3 is 2.57 bits per heavy atom. The number of ether oxygens (including phenoxy) is 1. The first-order valence-corrected chi connectivity index (χ1v) is 7.51. The predicted molar refractivity (Wildman–Crippen MR) is 81.5 cm³/mol. The second kappa shape index (κ2) is 4.38. The molecule has 108 valence electrons. The summed E-state index contributed by atoms with van der Waals surface area (Å²) in [5.74, 6) is 0.692. The molecule has 0 N–H and O–H groups in total. The van der Waals surface area contributed by atoms with E-state index in [1.807, 2.05) is 54.6 Å². The highest BCUT2D eigenvalue weighted by atomic mass is 35.5. The second-order valence-corrected chi connectivity index (χ2v) is 6.02. The molecule has 1 saturated heterocycles. The molecule has 2 aromatic rings. The number of alkyl halides is 2. The molecular formula is C17H15ClFNO. The Labute approximate surface area is 128 Å². The maximum Gasteiger partial charge on any atom is 0.287 e. The van der Waals surface area contributed by atoms with Crippen molar-refractivity contribution in [2.45, 2.75) is 23.6 Å². The SMILES string of the molecule is FC1(Cl)N2c3ccccc3OCCCC21c1ccccc1. The summed E-state index contributed by atoms with van der Waals surface area (Å²) >= 11 is 6.28. The number of benzene rings is 2. The van der Waals surface area contributed by atoms with Gasteiger partial charge in [-0.1, -0.05) is 54.1 Å². The molecule has 0 aromatic heterocycles. The molecule has 0 amide bonds. The molecule has 4 heteroatoms. The minimum atomic E-state index is -1.90. The van der Waals surface area contributed by atoms with Crippen LogP contribution in [0.15, 0.2) is 54.6 Å². The molecule has 0 aliphatic carbocycles. The molecule has 2 nitrogen and oxygen atoms in total. The molecule has 2 aromatic carbocycles. The Morgan fingerprint density at radius 1 is 1.05 bits per heavy atom. The van der Waals surface area contributed by atoms with Gasteiger partial charge in [0.15, 0.2) is 0 Å². The molecule has 2 atom stereocenters. The van der Waals surface area contributed by atoms with Crippen LogP contribution in [0.2, 0.25) is 0 Å². The highest BCUT2D eigenvalue weighted by molar-refractivity contribution is 6.29. The van der Waals surface area contributed by atoms with Gasteiger partial charge in [0.1, 0.15) is 11.3 Å². The maximum atomic E-state index is 15.2. The van der Waals surface area contributed by atoms with Gasteiger partial charge in [-0.25, -0.2) is 0 Å². The normalized spacial score (nSPS) is 30.5. The molecule has 2 unspecified atom stereocenters. The Hall–Kier alpha value is -1.74. The van der Waals surface area contributed by atoms with E-state index in [4.69, 9.17) is 16.3 Å². The lowest BCUT2D eigenvalue weighted by molar-refractivity contribution is 0.285. The lowest BCUT2D eigenvalue weighted by atomic mass is 9.92. The van der Waals surface area contributed by atoms with Gasteiger partial charge in [0.25, 0.3) is 5.25 Å². The number of nitrogens with zero attached hydrogens (tertiary/aromatic N) is 1. The molecule has 4 rings (SSSR count). The summed E-state index contributed by atoms with van der Waals surface area (Å²) in [5.41, 5.74) is 0.841. The van der Waals surface area contributed by atoms with E-state index >= 15 is 4.39 Å². The summed E-state index contributed by atoms with van der Waals surface area (Å²) in [5, 5.41) is -1.90. The standard InChI is InChI=1S/C17H15ClFNO/c18-17(19)16(13-7-2-1-3-8-13)11-6-12-21-15-10-5-4-9-14(15)20(16)17/h1-5,7-10H,6,11-12H2. The van der Waals surface area contributed by atoms with Crippen LogP contribution in [0.4, 0.5) is 10.1 Å². The topological polar surface area (TPSA) is 12.2 Å². The van der Waals surface area contributed by atoms with Crippen LogP contribution in [-0.2, 0) is 5.54 Å². The third-order valence-corrected chi connectivity index (χ3v) is 4.89. The predicted octanol–water partition coefficient (Wildman–Crippen LogP) is 4.44. The van der Waals surface area contributed by atoms with Crippen molar-refractivity contribution in [3.8, 4) is 5.75 Å². The lowest BCUT2D eigenvalue weighted by Gasteiger charge is -2.22. The third-order valence-electron chi connectivity index (χ3n) is 4.41. The van der Waals surface area contributed by atoms with Crippen LogP contribution in [0.5, 0.6) is 5.75 Å². The fraction of sp³-hybridized carbons (Fsp3) is 0.294. The van der Waals surface area contributed by atoms with E-state index in [0.29, 0.717) is 18.8 Å². The van der Waals surface area contributed by atoms with Crippen molar-refractivity contribution in [2.75, 3.05) is 11.5 Å². The highest BCUT2D eigenvalue weighted by Crippen LogP contribution is 2.68. The molecule has 2 heterocycles. The van der Waals surface area contributed by atoms with Crippen molar-refractivity contribution in [2.24, 2.45) is 0 Å². The zero-order valence-corrected chi connectivity index (χ0v) is 12.2. The van der Waals surface area contributed by atoms with Crippen molar-refractivity contribution in [3.05, 3.63) is 60.2 Å². The van der Waals surface area contributed by atoms with Crippen LogP contribution in [0.25, 0.3) is 0 Å². The van der Waals surface area contributed by atoms with Crippen LogP contribution >= 0.6 is 11.6 Å². The Kier molecular flexibility index (Phi) is 2.70. The van der Waals surface area contributed by atoms with Gasteiger partial charge in [-0.2, -0.15) is 4.39 Å². The summed E-state index contributed by atoms with van der Waals surface area (Å²) in [7, 11) is 0.